The zero-order valence-corrected chi connectivity index (χ0v) is 16.9. The number of hydrogen-bond acceptors (Lipinski definition) is 4. The quantitative estimate of drug-likeness (QED) is 0.786. The highest BCUT2D eigenvalue weighted by Gasteiger charge is 2.51. The van der Waals surface area contributed by atoms with Gasteiger partial charge in [-0.2, -0.15) is 0 Å². The molecule has 0 unspecified atom stereocenters. The summed E-state index contributed by atoms with van der Waals surface area (Å²) < 4.78 is 0.447. The van der Waals surface area contributed by atoms with Crippen LogP contribution in [-0.2, 0) is 0 Å². The first-order chi connectivity index (χ1) is 11.9. The molecule has 0 amide bonds. The van der Waals surface area contributed by atoms with E-state index in [-0.39, 0.29) is 10.8 Å². The molecule has 2 aromatic rings. The van der Waals surface area contributed by atoms with Crippen molar-refractivity contribution in [2.45, 2.75) is 69.3 Å². The summed E-state index contributed by atoms with van der Waals surface area (Å²) in [6.45, 7) is 6.34. The lowest BCUT2D eigenvalue weighted by atomic mass is 9.56. The normalized spacial score (nSPS) is 34.8. The Morgan fingerprint density at radius 3 is 2.36 bits per heavy atom. The molecule has 0 spiro atoms. The summed E-state index contributed by atoms with van der Waals surface area (Å²) in [5.74, 6) is 3.76. The molecule has 4 fully saturated rings. The minimum Gasteiger partial charge on any atom is -0.309 e. The second kappa shape index (κ2) is 5.59. The maximum Gasteiger partial charge on any atom is 0.259 e. The second-order valence-electron chi connectivity index (χ2n) is 8.78. The molecule has 0 aliphatic heterocycles. The molecule has 0 saturated heterocycles. The summed E-state index contributed by atoms with van der Waals surface area (Å²) in [7, 11) is 0. The summed E-state index contributed by atoms with van der Waals surface area (Å²) in [5.41, 5.74) is 1.13. The first kappa shape index (κ1) is 16.4. The number of thioether (sulfide) groups is 1. The molecule has 2 heterocycles. The monoisotopic (exact) mass is 374 g/mol. The molecule has 4 aliphatic carbocycles. The fourth-order valence-electron chi connectivity index (χ4n) is 6.07. The zero-order valence-electron chi connectivity index (χ0n) is 15.2. The van der Waals surface area contributed by atoms with E-state index in [1.54, 1.807) is 11.3 Å². The van der Waals surface area contributed by atoms with E-state index in [0.717, 1.165) is 39.4 Å². The summed E-state index contributed by atoms with van der Waals surface area (Å²) >= 11 is 3.76. The van der Waals surface area contributed by atoms with Crippen LogP contribution < -0.4 is 5.56 Å². The predicted molar refractivity (Wildman–Crippen MR) is 107 cm³/mol. The number of fused-ring (bicyclic) bond motifs is 1. The average molecular weight is 375 g/mol. The van der Waals surface area contributed by atoms with Gasteiger partial charge in [-0.3, -0.25) is 4.79 Å². The van der Waals surface area contributed by atoms with Crippen LogP contribution in [0.5, 0.6) is 0 Å². The van der Waals surface area contributed by atoms with Crippen molar-refractivity contribution in [1.82, 2.24) is 9.97 Å². The third-order valence-electron chi connectivity index (χ3n) is 6.85. The van der Waals surface area contributed by atoms with Crippen molar-refractivity contribution >= 4 is 33.3 Å². The number of aromatic amines is 1. The van der Waals surface area contributed by atoms with Crippen LogP contribution in [0, 0.1) is 31.6 Å². The molecule has 134 valence electrons. The summed E-state index contributed by atoms with van der Waals surface area (Å²) in [6.07, 6.45) is 8.59. The van der Waals surface area contributed by atoms with Crippen LogP contribution in [-0.4, -0.2) is 14.7 Å². The number of nitrogens with zero attached hydrogens (tertiary/aromatic N) is 1. The lowest BCUT2D eigenvalue weighted by molar-refractivity contribution is 0.0381. The van der Waals surface area contributed by atoms with Gasteiger partial charge in [-0.1, -0.05) is 0 Å². The second-order valence-corrected chi connectivity index (χ2v) is 11.8. The molecule has 1 N–H and O–H groups in total. The van der Waals surface area contributed by atoms with Crippen LogP contribution in [0.1, 0.15) is 67.0 Å². The first-order valence-electron chi connectivity index (χ1n) is 9.60. The lowest BCUT2D eigenvalue weighted by Gasteiger charge is -2.57. The van der Waals surface area contributed by atoms with Crippen LogP contribution in [0.4, 0.5) is 0 Å². The molecule has 25 heavy (non-hydrogen) atoms. The molecule has 4 bridgehead atoms. The van der Waals surface area contributed by atoms with E-state index >= 15 is 0 Å². The van der Waals surface area contributed by atoms with Crippen molar-refractivity contribution in [3.63, 3.8) is 0 Å². The minimum absolute atomic E-state index is 0.0415. The fourth-order valence-corrected chi connectivity index (χ4v) is 9.08. The smallest absolute Gasteiger partial charge is 0.259 e. The summed E-state index contributed by atoms with van der Waals surface area (Å²) in [5, 5.41) is 1.05. The number of hydrogen-bond donors (Lipinski definition) is 1. The van der Waals surface area contributed by atoms with Crippen molar-refractivity contribution in [2.24, 2.45) is 17.8 Å². The Morgan fingerprint density at radius 2 is 1.76 bits per heavy atom. The Bertz CT molecular complexity index is 862. The molecule has 2 aromatic heterocycles. The van der Waals surface area contributed by atoms with Crippen LogP contribution in [0.2, 0.25) is 0 Å². The number of H-pyrrole nitrogens is 1. The van der Waals surface area contributed by atoms with Gasteiger partial charge in [-0.25, -0.2) is 4.98 Å². The maximum atomic E-state index is 12.6. The van der Waals surface area contributed by atoms with Gasteiger partial charge in [-0.15, -0.1) is 23.1 Å². The first-order valence-corrected chi connectivity index (χ1v) is 11.3. The van der Waals surface area contributed by atoms with Gasteiger partial charge < -0.3 is 4.98 Å². The standard InChI is InChI=1S/C20H26N2OS2/c1-10-11(2)24-19-16(10)18(23)21-17(22-19)12(3)25-20-7-13-4-14(8-20)6-15(5-13)9-20/h12-15H,4-9H2,1-3H3,(H,21,22,23)/t12-,13?,14?,15?,20?/m0/s1. The van der Waals surface area contributed by atoms with Gasteiger partial charge in [0.25, 0.3) is 5.56 Å². The summed E-state index contributed by atoms with van der Waals surface area (Å²) in [4.78, 5) is 22.7. The van der Waals surface area contributed by atoms with E-state index in [9.17, 15) is 4.79 Å². The molecular weight excluding hydrogens is 348 g/mol. The third kappa shape index (κ3) is 2.61. The van der Waals surface area contributed by atoms with Crippen molar-refractivity contribution < 1.29 is 0 Å². The van der Waals surface area contributed by atoms with Crippen molar-refractivity contribution in [3.05, 3.63) is 26.6 Å². The van der Waals surface area contributed by atoms with Crippen molar-refractivity contribution in [3.8, 4) is 0 Å². The molecule has 1 atom stereocenters. The molecule has 3 nitrogen and oxygen atoms in total. The number of thiophene rings is 1. The minimum atomic E-state index is 0.0415. The molecule has 0 aromatic carbocycles. The Labute approximate surface area is 157 Å². The molecular formula is C20H26N2OS2. The van der Waals surface area contributed by atoms with Crippen molar-refractivity contribution in [2.75, 3.05) is 0 Å². The largest absolute Gasteiger partial charge is 0.309 e. The third-order valence-corrected chi connectivity index (χ3v) is 9.53. The zero-order chi connectivity index (χ0) is 17.3. The van der Waals surface area contributed by atoms with Crippen LogP contribution >= 0.6 is 23.1 Å². The van der Waals surface area contributed by atoms with Gasteiger partial charge >= 0.3 is 0 Å². The molecule has 6 rings (SSSR count). The van der Waals surface area contributed by atoms with E-state index in [1.807, 2.05) is 6.92 Å². The Balaban J connectivity index is 1.46. The van der Waals surface area contributed by atoms with E-state index in [1.165, 1.54) is 43.4 Å². The van der Waals surface area contributed by atoms with Gasteiger partial charge in [0.2, 0.25) is 0 Å². The Hall–Kier alpha value is -0.810. The average Bonchev–Trinajstić information content (AvgIpc) is 2.80. The van der Waals surface area contributed by atoms with E-state index in [0.29, 0.717) is 4.75 Å². The highest BCUT2D eigenvalue weighted by Crippen LogP contribution is 2.62. The summed E-state index contributed by atoms with van der Waals surface area (Å²) in [6, 6.07) is 0. The van der Waals surface area contributed by atoms with Gasteiger partial charge in [0.15, 0.2) is 0 Å². The molecule has 0 radical (unpaired) electrons. The van der Waals surface area contributed by atoms with Gasteiger partial charge in [0.1, 0.15) is 10.7 Å². The number of aromatic nitrogens is 2. The Morgan fingerprint density at radius 1 is 1.16 bits per heavy atom. The number of nitrogens with one attached hydrogen (secondary N) is 1. The van der Waals surface area contributed by atoms with E-state index < -0.39 is 0 Å². The number of rotatable bonds is 3. The number of aryl methyl sites for hydroxylation is 2. The topological polar surface area (TPSA) is 45.8 Å². The van der Waals surface area contributed by atoms with Gasteiger partial charge in [0.05, 0.1) is 10.6 Å². The fraction of sp³-hybridized carbons (Fsp3) is 0.700. The van der Waals surface area contributed by atoms with Crippen LogP contribution in [0.25, 0.3) is 10.2 Å². The lowest BCUT2D eigenvalue weighted by Crippen LogP contribution is -2.48. The van der Waals surface area contributed by atoms with E-state index in [4.69, 9.17) is 4.98 Å². The van der Waals surface area contributed by atoms with Gasteiger partial charge in [0, 0.05) is 9.62 Å². The van der Waals surface area contributed by atoms with Crippen molar-refractivity contribution in [1.29, 1.82) is 0 Å². The Kier molecular flexibility index (Phi) is 3.66. The highest BCUT2D eigenvalue weighted by molar-refractivity contribution is 8.00. The van der Waals surface area contributed by atoms with Crippen LogP contribution in [0.15, 0.2) is 4.79 Å². The predicted octanol–water partition coefficient (Wildman–Crippen LogP) is 5.36. The molecule has 5 heteroatoms. The van der Waals surface area contributed by atoms with Crippen LogP contribution in [0.3, 0.4) is 0 Å². The molecule has 4 saturated carbocycles. The van der Waals surface area contributed by atoms with E-state index in [2.05, 4.69) is 30.6 Å². The SMILES string of the molecule is Cc1sc2nc([C@H](C)SC34CC5CC(CC(C5)C3)C4)[nH]c(=O)c2c1C. The highest BCUT2D eigenvalue weighted by atomic mass is 32.2. The van der Waals surface area contributed by atoms with Gasteiger partial charge in [-0.05, 0) is 82.6 Å². The maximum absolute atomic E-state index is 12.6. The molecule has 4 aliphatic rings.